The Morgan fingerprint density at radius 3 is 2.20 bits per heavy atom. The Labute approximate surface area is 123 Å². The monoisotopic (exact) mass is 278 g/mol. The molecule has 2 saturated carbocycles. The zero-order valence-corrected chi connectivity index (χ0v) is 13.4. The molecule has 0 spiro atoms. The zero-order valence-electron chi connectivity index (χ0n) is 13.4. The Morgan fingerprint density at radius 2 is 1.65 bits per heavy atom. The van der Waals surface area contributed by atoms with Crippen molar-refractivity contribution >= 4 is 11.6 Å². The molecule has 0 atom stereocenters. The molecule has 3 nitrogen and oxygen atoms in total. The second-order valence-corrected chi connectivity index (χ2v) is 7.63. The number of nitrogens with zero attached hydrogens (tertiary/aromatic N) is 1. The molecule has 2 aliphatic carbocycles. The number of hydrazone groups is 1. The van der Waals surface area contributed by atoms with Gasteiger partial charge in [0.15, 0.2) is 0 Å². The first-order chi connectivity index (χ1) is 9.47. The number of carbonyl (C=O) groups is 1. The molecule has 1 N–H and O–H groups in total. The molecule has 0 aromatic rings. The number of amides is 1. The van der Waals surface area contributed by atoms with Gasteiger partial charge in [0.05, 0.1) is 0 Å². The van der Waals surface area contributed by atoms with Gasteiger partial charge < -0.3 is 0 Å². The van der Waals surface area contributed by atoms with Crippen LogP contribution in [0, 0.1) is 17.3 Å². The lowest BCUT2D eigenvalue weighted by molar-refractivity contribution is -0.125. The minimum atomic E-state index is 0.148. The lowest BCUT2D eigenvalue weighted by Crippen LogP contribution is -2.31. The first kappa shape index (κ1) is 15.5. The third-order valence-electron chi connectivity index (χ3n) is 5.09. The molecule has 0 heterocycles. The number of nitrogens with one attached hydrogen (secondary N) is 1. The van der Waals surface area contributed by atoms with Gasteiger partial charge in [0.25, 0.3) is 0 Å². The summed E-state index contributed by atoms with van der Waals surface area (Å²) in [5.41, 5.74) is 4.41. The topological polar surface area (TPSA) is 41.5 Å². The molecular formula is C17H30N2O. The number of hydrogen-bond acceptors (Lipinski definition) is 2. The van der Waals surface area contributed by atoms with E-state index in [9.17, 15) is 4.79 Å². The van der Waals surface area contributed by atoms with Crippen LogP contribution in [0.4, 0.5) is 0 Å². The smallest absolute Gasteiger partial charge is 0.243 e. The molecule has 0 aromatic heterocycles. The Kier molecular flexibility index (Phi) is 5.22. The standard InChI is InChI=1S/C17H30N2O/c1-17(2,3)14-9-11-15(12-10-14)18-19-16(20)13-7-5-4-6-8-13/h13-14H,4-12H2,1-3H3,(H,19,20). The normalized spacial score (nSPS) is 25.4. The average molecular weight is 278 g/mol. The predicted octanol–water partition coefficient (Wildman–Crippen LogP) is 4.28. The van der Waals surface area contributed by atoms with Crippen molar-refractivity contribution in [1.82, 2.24) is 5.43 Å². The van der Waals surface area contributed by atoms with E-state index in [1.165, 1.54) is 37.8 Å². The van der Waals surface area contributed by atoms with Crippen molar-refractivity contribution in [3.63, 3.8) is 0 Å². The van der Waals surface area contributed by atoms with E-state index in [4.69, 9.17) is 0 Å². The molecule has 0 aromatic carbocycles. The largest absolute Gasteiger partial charge is 0.273 e. The Bertz CT molecular complexity index is 352. The van der Waals surface area contributed by atoms with Crippen LogP contribution < -0.4 is 5.43 Å². The van der Waals surface area contributed by atoms with Gasteiger partial charge in [0.2, 0.25) is 5.91 Å². The molecule has 0 unspecified atom stereocenters. The summed E-state index contributed by atoms with van der Waals surface area (Å²) < 4.78 is 0. The van der Waals surface area contributed by atoms with Gasteiger partial charge in [-0.25, -0.2) is 5.43 Å². The number of rotatable bonds is 2. The summed E-state index contributed by atoms with van der Waals surface area (Å²) in [4.78, 5) is 12.0. The van der Waals surface area contributed by atoms with E-state index in [0.717, 1.165) is 31.6 Å². The van der Waals surface area contributed by atoms with E-state index < -0.39 is 0 Å². The predicted molar refractivity (Wildman–Crippen MR) is 83.6 cm³/mol. The van der Waals surface area contributed by atoms with Gasteiger partial charge in [0.1, 0.15) is 0 Å². The third-order valence-corrected chi connectivity index (χ3v) is 5.09. The van der Waals surface area contributed by atoms with Crippen LogP contribution in [-0.2, 0) is 4.79 Å². The molecule has 0 aliphatic heterocycles. The molecular weight excluding hydrogens is 248 g/mol. The van der Waals surface area contributed by atoms with Gasteiger partial charge in [-0.05, 0) is 49.9 Å². The maximum Gasteiger partial charge on any atom is 0.243 e. The highest BCUT2D eigenvalue weighted by molar-refractivity contribution is 5.87. The second-order valence-electron chi connectivity index (χ2n) is 7.63. The van der Waals surface area contributed by atoms with Crippen molar-refractivity contribution in [2.24, 2.45) is 22.4 Å². The lowest BCUT2D eigenvalue weighted by Gasteiger charge is -2.34. The van der Waals surface area contributed by atoms with Crippen LogP contribution in [0.15, 0.2) is 5.10 Å². The number of hydrogen-bond donors (Lipinski definition) is 1. The van der Waals surface area contributed by atoms with E-state index in [-0.39, 0.29) is 11.8 Å². The van der Waals surface area contributed by atoms with Crippen molar-refractivity contribution < 1.29 is 4.79 Å². The quantitative estimate of drug-likeness (QED) is 0.753. The van der Waals surface area contributed by atoms with Crippen LogP contribution in [0.5, 0.6) is 0 Å². The van der Waals surface area contributed by atoms with Gasteiger partial charge in [0, 0.05) is 11.6 Å². The highest BCUT2D eigenvalue weighted by Crippen LogP contribution is 2.36. The van der Waals surface area contributed by atoms with Crippen molar-refractivity contribution in [3.8, 4) is 0 Å². The summed E-state index contributed by atoms with van der Waals surface area (Å²) in [5.74, 6) is 1.14. The van der Waals surface area contributed by atoms with E-state index in [2.05, 4.69) is 31.3 Å². The lowest BCUT2D eigenvalue weighted by atomic mass is 9.72. The summed E-state index contributed by atoms with van der Waals surface area (Å²) in [5, 5.41) is 4.39. The first-order valence-corrected chi connectivity index (χ1v) is 8.32. The fourth-order valence-corrected chi connectivity index (χ4v) is 3.52. The minimum Gasteiger partial charge on any atom is -0.273 e. The van der Waals surface area contributed by atoms with Gasteiger partial charge in [-0.15, -0.1) is 0 Å². The van der Waals surface area contributed by atoms with E-state index in [1.807, 2.05) is 0 Å². The third kappa shape index (κ3) is 4.32. The maximum absolute atomic E-state index is 12.0. The minimum absolute atomic E-state index is 0.148. The average Bonchev–Trinajstić information content (AvgIpc) is 2.45. The van der Waals surface area contributed by atoms with Crippen LogP contribution >= 0.6 is 0 Å². The van der Waals surface area contributed by atoms with E-state index >= 15 is 0 Å². The molecule has 1 amide bonds. The summed E-state index contributed by atoms with van der Waals surface area (Å²) in [7, 11) is 0. The van der Waals surface area contributed by atoms with E-state index in [0.29, 0.717) is 5.41 Å². The first-order valence-electron chi connectivity index (χ1n) is 8.32. The van der Waals surface area contributed by atoms with Crippen LogP contribution in [0.1, 0.15) is 78.6 Å². The molecule has 0 radical (unpaired) electrons. The highest BCUT2D eigenvalue weighted by Gasteiger charge is 2.28. The Hall–Kier alpha value is -0.860. The van der Waals surface area contributed by atoms with Crippen LogP contribution in [0.25, 0.3) is 0 Å². The van der Waals surface area contributed by atoms with Gasteiger partial charge in [-0.3, -0.25) is 4.79 Å². The molecule has 114 valence electrons. The Morgan fingerprint density at radius 1 is 1.05 bits per heavy atom. The van der Waals surface area contributed by atoms with Crippen LogP contribution in [-0.4, -0.2) is 11.6 Å². The number of carbonyl (C=O) groups excluding carboxylic acids is 1. The van der Waals surface area contributed by atoms with Gasteiger partial charge >= 0.3 is 0 Å². The molecule has 20 heavy (non-hydrogen) atoms. The summed E-state index contributed by atoms with van der Waals surface area (Å²) >= 11 is 0. The van der Waals surface area contributed by atoms with Crippen molar-refractivity contribution in [3.05, 3.63) is 0 Å². The summed E-state index contributed by atoms with van der Waals surface area (Å²) in [6.45, 7) is 6.97. The van der Waals surface area contributed by atoms with Crippen molar-refractivity contribution in [2.75, 3.05) is 0 Å². The molecule has 3 heteroatoms. The highest BCUT2D eigenvalue weighted by atomic mass is 16.2. The van der Waals surface area contributed by atoms with Gasteiger partial charge in [-0.1, -0.05) is 40.0 Å². The molecule has 2 fully saturated rings. The van der Waals surface area contributed by atoms with Crippen molar-refractivity contribution in [2.45, 2.75) is 78.6 Å². The Balaban J connectivity index is 1.77. The maximum atomic E-state index is 12.0. The molecule has 2 aliphatic rings. The fraction of sp³-hybridized carbons (Fsp3) is 0.882. The van der Waals surface area contributed by atoms with E-state index in [1.54, 1.807) is 0 Å². The molecule has 0 bridgehead atoms. The summed E-state index contributed by atoms with van der Waals surface area (Å²) in [6, 6.07) is 0. The van der Waals surface area contributed by atoms with Crippen LogP contribution in [0.2, 0.25) is 0 Å². The zero-order chi connectivity index (χ0) is 14.6. The SMILES string of the molecule is CC(C)(C)C1CCC(=NNC(=O)C2CCCCC2)CC1. The van der Waals surface area contributed by atoms with Crippen LogP contribution in [0.3, 0.4) is 0 Å². The second kappa shape index (κ2) is 6.73. The molecule has 0 saturated heterocycles. The van der Waals surface area contributed by atoms with Gasteiger partial charge in [-0.2, -0.15) is 5.10 Å². The van der Waals surface area contributed by atoms with Crippen molar-refractivity contribution in [1.29, 1.82) is 0 Å². The fourth-order valence-electron chi connectivity index (χ4n) is 3.52. The summed E-state index contributed by atoms with van der Waals surface area (Å²) in [6.07, 6.45) is 10.3. The molecule has 2 rings (SSSR count).